The highest BCUT2D eigenvalue weighted by Crippen LogP contribution is 2.34. The molecule has 142 valence electrons. The van der Waals surface area contributed by atoms with Crippen molar-refractivity contribution < 1.29 is 13.9 Å². The van der Waals surface area contributed by atoms with Gasteiger partial charge in [-0.25, -0.2) is 4.68 Å². The van der Waals surface area contributed by atoms with E-state index in [1.165, 1.54) is 17.7 Å². The zero-order valence-electron chi connectivity index (χ0n) is 15.0. The van der Waals surface area contributed by atoms with Crippen LogP contribution in [-0.2, 0) is 13.3 Å². The second-order valence-electron chi connectivity index (χ2n) is 6.35. The molecule has 1 atom stereocenters. The lowest BCUT2D eigenvalue weighted by molar-refractivity contribution is 0.190. The zero-order valence-corrected chi connectivity index (χ0v) is 16.7. The maximum absolute atomic E-state index is 5.73. The van der Waals surface area contributed by atoms with Crippen LogP contribution in [0, 0.1) is 4.84 Å². The minimum atomic E-state index is 0.233. The van der Waals surface area contributed by atoms with Crippen molar-refractivity contribution in [3.8, 4) is 11.5 Å². The summed E-state index contributed by atoms with van der Waals surface area (Å²) >= 11 is 7.15. The van der Waals surface area contributed by atoms with E-state index in [0.29, 0.717) is 23.4 Å². The Bertz CT molecular complexity index is 919. The molecule has 6 nitrogen and oxygen atoms in total. The molecule has 8 heteroatoms. The SMILES string of the molecule is COc1ccc(OCc2nn(CN3CCC[C@@H]3c3cccs3)c(=S)o2)cc1. The molecular formula is C19H21N3O3S2. The molecule has 0 unspecified atom stereocenters. The molecule has 0 amide bonds. The number of rotatable bonds is 7. The molecule has 4 rings (SSSR count). The quantitative estimate of drug-likeness (QED) is 0.535. The van der Waals surface area contributed by atoms with E-state index in [1.807, 2.05) is 24.3 Å². The predicted molar refractivity (Wildman–Crippen MR) is 106 cm³/mol. The van der Waals surface area contributed by atoms with Crippen molar-refractivity contribution in [3.63, 3.8) is 0 Å². The summed E-state index contributed by atoms with van der Waals surface area (Å²) in [5.41, 5.74) is 0. The van der Waals surface area contributed by atoms with Crippen molar-refractivity contribution in [1.82, 2.24) is 14.7 Å². The molecule has 0 spiro atoms. The van der Waals surface area contributed by atoms with Crippen LogP contribution < -0.4 is 9.47 Å². The number of aromatic nitrogens is 2. The number of ether oxygens (including phenoxy) is 2. The Labute approximate surface area is 166 Å². The van der Waals surface area contributed by atoms with Gasteiger partial charge in [0.25, 0.3) is 10.7 Å². The highest BCUT2D eigenvalue weighted by molar-refractivity contribution is 7.71. The van der Waals surface area contributed by atoms with Gasteiger partial charge in [-0.1, -0.05) is 6.07 Å². The Morgan fingerprint density at radius 1 is 1.26 bits per heavy atom. The Kier molecular flexibility index (Phi) is 5.56. The average molecular weight is 404 g/mol. The fourth-order valence-electron chi connectivity index (χ4n) is 3.28. The van der Waals surface area contributed by atoms with Crippen LogP contribution >= 0.6 is 23.6 Å². The maximum Gasteiger partial charge on any atom is 0.288 e. The van der Waals surface area contributed by atoms with E-state index >= 15 is 0 Å². The second kappa shape index (κ2) is 8.24. The van der Waals surface area contributed by atoms with Gasteiger partial charge in [0.1, 0.15) is 11.5 Å². The van der Waals surface area contributed by atoms with Crippen molar-refractivity contribution in [2.45, 2.75) is 32.2 Å². The van der Waals surface area contributed by atoms with E-state index in [2.05, 4.69) is 27.5 Å². The van der Waals surface area contributed by atoms with Crippen LogP contribution in [0.1, 0.15) is 29.7 Å². The highest BCUT2D eigenvalue weighted by Gasteiger charge is 2.27. The topological polar surface area (TPSA) is 52.7 Å². The summed E-state index contributed by atoms with van der Waals surface area (Å²) in [7, 11) is 1.63. The summed E-state index contributed by atoms with van der Waals surface area (Å²) in [6.45, 7) is 1.90. The van der Waals surface area contributed by atoms with E-state index in [0.717, 1.165) is 18.0 Å². The lowest BCUT2D eigenvalue weighted by Crippen LogP contribution is -2.26. The Morgan fingerprint density at radius 2 is 2.07 bits per heavy atom. The molecule has 1 aliphatic rings. The van der Waals surface area contributed by atoms with Crippen LogP contribution in [0.5, 0.6) is 11.5 Å². The van der Waals surface area contributed by atoms with Crippen LogP contribution in [0.15, 0.2) is 46.2 Å². The summed E-state index contributed by atoms with van der Waals surface area (Å²) < 4.78 is 18.2. The van der Waals surface area contributed by atoms with Crippen LogP contribution in [0.25, 0.3) is 0 Å². The molecule has 27 heavy (non-hydrogen) atoms. The Hall–Kier alpha value is -2.16. The fraction of sp³-hybridized carbons (Fsp3) is 0.368. The van der Waals surface area contributed by atoms with Gasteiger partial charge in [0.2, 0.25) is 0 Å². The first-order valence-corrected chi connectivity index (χ1v) is 10.1. The largest absolute Gasteiger partial charge is 0.497 e. The third-order valence-corrected chi connectivity index (χ3v) is 5.89. The van der Waals surface area contributed by atoms with E-state index < -0.39 is 0 Å². The van der Waals surface area contributed by atoms with Crippen molar-refractivity contribution >= 4 is 23.6 Å². The van der Waals surface area contributed by atoms with Gasteiger partial charge in [0, 0.05) is 17.5 Å². The number of benzene rings is 1. The molecule has 1 fully saturated rings. The minimum Gasteiger partial charge on any atom is -0.497 e. The molecule has 2 aromatic heterocycles. The fourth-order valence-corrected chi connectivity index (χ4v) is 4.37. The molecule has 0 saturated carbocycles. The third kappa shape index (κ3) is 4.23. The predicted octanol–water partition coefficient (Wildman–Crippen LogP) is 4.65. The summed E-state index contributed by atoms with van der Waals surface area (Å²) in [6, 6.07) is 12.1. The lowest BCUT2D eigenvalue weighted by Gasteiger charge is -2.22. The Morgan fingerprint density at radius 3 is 2.81 bits per heavy atom. The van der Waals surface area contributed by atoms with Crippen LogP contribution in [0.2, 0.25) is 0 Å². The summed E-state index contributed by atoms with van der Waals surface area (Å²) in [5.74, 6) is 1.99. The molecule has 1 aliphatic heterocycles. The van der Waals surface area contributed by atoms with Gasteiger partial charge < -0.3 is 13.9 Å². The number of hydrogen-bond acceptors (Lipinski definition) is 7. The van der Waals surface area contributed by atoms with Crippen molar-refractivity contribution in [2.75, 3.05) is 13.7 Å². The lowest BCUT2D eigenvalue weighted by atomic mass is 10.2. The molecule has 1 aromatic carbocycles. The van der Waals surface area contributed by atoms with E-state index in [-0.39, 0.29) is 6.61 Å². The Balaban J connectivity index is 1.40. The molecule has 0 radical (unpaired) electrons. The highest BCUT2D eigenvalue weighted by atomic mass is 32.1. The first kappa shape index (κ1) is 18.2. The van der Waals surface area contributed by atoms with Crippen molar-refractivity contribution in [2.24, 2.45) is 0 Å². The number of hydrogen-bond donors (Lipinski definition) is 0. The van der Waals surface area contributed by atoms with Gasteiger partial charge in [-0.3, -0.25) is 4.90 Å². The third-order valence-electron chi connectivity index (χ3n) is 4.62. The zero-order chi connectivity index (χ0) is 18.6. The minimum absolute atomic E-state index is 0.233. The molecule has 0 aliphatic carbocycles. The number of nitrogens with zero attached hydrogens (tertiary/aromatic N) is 3. The summed E-state index contributed by atoms with van der Waals surface area (Å²) in [4.78, 5) is 4.17. The average Bonchev–Trinajstić information content (AvgIpc) is 3.42. The molecule has 3 heterocycles. The summed E-state index contributed by atoms with van der Waals surface area (Å²) in [6.07, 6.45) is 2.35. The van der Waals surface area contributed by atoms with Gasteiger partial charge in [-0.15, -0.1) is 16.4 Å². The smallest absolute Gasteiger partial charge is 0.288 e. The number of thiophene rings is 1. The molecule has 1 saturated heterocycles. The van der Waals surface area contributed by atoms with Crippen molar-refractivity contribution in [3.05, 3.63) is 57.4 Å². The normalized spacial score (nSPS) is 17.3. The van der Waals surface area contributed by atoms with E-state index in [4.69, 9.17) is 26.1 Å². The first-order valence-electron chi connectivity index (χ1n) is 8.84. The van der Waals surface area contributed by atoms with Gasteiger partial charge in [0.15, 0.2) is 6.61 Å². The van der Waals surface area contributed by atoms with Crippen LogP contribution in [0.3, 0.4) is 0 Å². The van der Waals surface area contributed by atoms with Gasteiger partial charge in [-0.05, 0) is 60.8 Å². The van der Waals surface area contributed by atoms with Crippen LogP contribution in [-0.4, -0.2) is 28.3 Å². The molecular weight excluding hydrogens is 382 g/mol. The first-order chi connectivity index (χ1) is 13.2. The van der Waals surface area contributed by atoms with E-state index in [1.54, 1.807) is 23.1 Å². The molecule has 0 bridgehead atoms. The standard InChI is InChI=1S/C19H21N3O3S2/c1-23-14-6-8-15(9-7-14)24-12-18-20-22(19(26)25-18)13-21-10-2-4-16(21)17-5-3-11-27-17/h3,5-9,11,16H,2,4,10,12-13H2,1H3/t16-/m1/s1. The monoisotopic (exact) mass is 403 g/mol. The van der Waals surface area contributed by atoms with Gasteiger partial charge in [0.05, 0.1) is 13.8 Å². The number of methoxy groups -OCH3 is 1. The van der Waals surface area contributed by atoms with E-state index in [9.17, 15) is 0 Å². The maximum atomic E-state index is 5.73. The number of likely N-dealkylation sites (tertiary alicyclic amines) is 1. The molecule has 0 N–H and O–H groups in total. The van der Waals surface area contributed by atoms with Crippen molar-refractivity contribution in [1.29, 1.82) is 0 Å². The van der Waals surface area contributed by atoms with Crippen LogP contribution in [0.4, 0.5) is 0 Å². The van der Waals surface area contributed by atoms with Gasteiger partial charge in [-0.2, -0.15) is 0 Å². The van der Waals surface area contributed by atoms with Gasteiger partial charge >= 0.3 is 0 Å². The second-order valence-corrected chi connectivity index (χ2v) is 7.68. The summed E-state index contributed by atoms with van der Waals surface area (Å²) in [5, 5.41) is 6.62. The molecule has 3 aromatic rings.